The highest BCUT2D eigenvalue weighted by Gasteiger charge is 2.29. The molecule has 2 atom stereocenters. The number of likely N-dealkylation sites (tertiary alicyclic amines) is 1. The quantitative estimate of drug-likeness (QED) is 0.876. The summed E-state index contributed by atoms with van der Waals surface area (Å²) in [5.74, 6) is 0.558. The zero-order chi connectivity index (χ0) is 14.8. The number of thiazole rings is 1. The number of carbonyl (C=O) groups is 1. The van der Waals surface area contributed by atoms with Crippen LogP contribution >= 0.6 is 11.3 Å². The van der Waals surface area contributed by atoms with Gasteiger partial charge < -0.3 is 9.47 Å². The standard InChI is InChI=1S/C15H20N4OS/c1-11-9-21-14(17-11)13-4-3-6-18(8-13)15(20)12(2)19-7-5-16-10-19/h5,7,9-10,12-13H,3-4,6,8H2,1-2H3/t12-,13+/m1/s1. The van der Waals surface area contributed by atoms with Gasteiger partial charge in [-0.05, 0) is 26.7 Å². The van der Waals surface area contributed by atoms with Gasteiger partial charge in [0.2, 0.25) is 5.91 Å². The van der Waals surface area contributed by atoms with E-state index in [0.29, 0.717) is 5.92 Å². The number of hydrogen-bond donors (Lipinski definition) is 0. The van der Waals surface area contributed by atoms with Crippen molar-refractivity contribution in [2.45, 2.75) is 38.6 Å². The Balaban J connectivity index is 1.69. The average Bonchev–Trinajstić information content (AvgIpc) is 3.17. The van der Waals surface area contributed by atoms with Crippen molar-refractivity contribution in [1.82, 2.24) is 19.4 Å². The predicted octanol–water partition coefficient (Wildman–Crippen LogP) is 2.62. The van der Waals surface area contributed by atoms with Crippen LogP contribution in [-0.4, -0.2) is 38.4 Å². The fourth-order valence-corrected chi connectivity index (χ4v) is 3.75. The Morgan fingerprint density at radius 1 is 1.52 bits per heavy atom. The number of amides is 1. The van der Waals surface area contributed by atoms with Gasteiger partial charge >= 0.3 is 0 Å². The van der Waals surface area contributed by atoms with E-state index in [1.54, 1.807) is 23.9 Å². The third-order valence-corrected chi connectivity index (χ3v) is 5.17. The lowest BCUT2D eigenvalue weighted by atomic mass is 9.98. The highest BCUT2D eigenvalue weighted by atomic mass is 32.1. The second-order valence-electron chi connectivity index (χ2n) is 5.64. The summed E-state index contributed by atoms with van der Waals surface area (Å²) in [5.41, 5.74) is 1.07. The molecule has 0 aromatic carbocycles. The Morgan fingerprint density at radius 2 is 2.38 bits per heavy atom. The van der Waals surface area contributed by atoms with Gasteiger partial charge in [-0.15, -0.1) is 11.3 Å². The van der Waals surface area contributed by atoms with Gasteiger partial charge in [0.25, 0.3) is 0 Å². The molecule has 0 unspecified atom stereocenters. The SMILES string of the molecule is Cc1csc([C@H]2CCCN(C(=O)[C@@H](C)n3ccnc3)C2)n1. The largest absolute Gasteiger partial charge is 0.340 e. The number of rotatable bonds is 3. The molecule has 0 bridgehead atoms. The van der Waals surface area contributed by atoms with Crippen molar-refractivity contribution in [3.8, 4) is 0 Å². The van der Waals surface area contributed by atoms with Gasteiger partial charge in [-0.3, -0.25) is 4.79 Å². The molecule has 1 saturated heterocycles. The number of nitrogens with zero attached hydrogens (tertiary/aromatic N) is 4. The number of carbonyl (C=O) groups excluding carboxylic acids is 1. The van der Waals surface area contributed by atoms with Gasteiger partial charge in [-0.1, -0.05) is 0 Å². The zero-order valence-electron chi connectivity index (χ0n) is 12.4. The van der Waals surface area contributed by atoms with Crippen LogP contribution in [0.4, 0.5) is 0 Å². The van der Waals surface area contributed by atoms with Gasteiger partial charge in [0.1, 0.15) is 6.04 Å². The van der Waals surface area contributed by atoms with Gasteiger partial charge in [-0.25, -0.2) is 9.97 Å². The van der Waals surface area contributed by atoms with Crippen LogP contribution in [0, 0.1) is 6.92 Å². The van der Waals surface area contributed by atoms with Gasteiger partial charge in [0.15, 0.2) is 0 Å². The highest BCUT2D eigenvalue weighted by molar-refractivity contribution is 7.09. The molecule has 0 saturated carbocycles. The molecule has 5 nitrogen and oxygen atoms in total. The van der Waals surface area contributed by atoms with Crippen LogP contribution in [0.25, 0.3) is 0 Å². The predicted molar refractivity (Wildman–Crippen MR) is 82.3 cm³/mol. The number of piperidine rings is 1. The minimum Gasteiger partial charge on any atom is -0.340 e. The first kappa shape index (κ1) is 14.3. The Labute approximate surface area is 128 Å². The minimum absolute atomic E-state index is 0.172. The lowest BCUT2D eigenvalue weighted by Gasteiger charge is -2.33. The number of imidazole rings is 1. The van der Waals surface area contributed by atoms with Crippen LogP contribution in [0.1, 0.15) is 42.4 Å². The minimum atomic E-state index is -0.190. The van der Waals surface area contributed by atoms with Crippen molar-refractivity contribution in [3.05, 3.63) is 34.8 Å². The van der Waals surface area contributed by atoms with E-state index in [9.17, 15) is 4.79 Å². The monoisotopic (exact) mass is 304 g/mol. The van der Waals surface area contributed by atoms with E-state index >= 15 is 0 Å². The van der Waals surface area contributed by atoms with E-state index in [4.69, 9.17) is 0 Å². The van der Waals surface area contributed by atoms with Crippen molar-refractivity contribution in [2.75, 3.05) is 13.1 Å². The van der Waals surface area contributed by atoms with Crippen molar-refractivity contribution in [3.63, 3.8) is 0 Å². The maximum absolute atomic E-state index is 12.6. The van der Waals surface area contributed by atoms with Crippen molar-refractivity contribution in [2.24, 2.45) is 0 Å². The normalized spacial score (nSPS) is 20.5. The lowest BCUT2D eigenvalue weighted by molar-refractivity contribution is -0.135. The summed E-state index contributed by atoms with van der Waals surface area (Å²) in [6, 6.07) is -0.190. The topological polar surface area (TPSA) is 51.0 Å². The third-order valence-electron chi connectivity index (χ3n) is 4.05. The van der Waals surface area contributed by atoms with E-state index in [1.807, 2.05) is 29.5 Å². The van der Waals surface area contributed by atoms with Crippen LogP contribution in [0.3, 0.4) is 0 Å². The van der Waals surface area contributed by atoms with E-state index in [2.05, 4.69) is 15.3 Å². The fraction of sp³-hybridized carbons (Fsp3) is 0.533. The van der Waals surface area contributed by atoms with Crippen LogP contribution in [0.5, 0.6) is 0 Å². The summed E-state index contributed by atoms with van der Waals surface area (Å²) in [7, 11) is 0. The molecule has 0 spiro atoms. The number of hydrogen-bond acceptors (Lipinski definition) is 4. The smallest absolute Gasteiger partial charge is 0.245 e. The maximum Gasteiger partial charge on any atom is 0.245 e. The molecule has 1 fully saturated rings. The summed E-state index contributed by atoms with van der Waals surface area (Å²) >= 11 is 1.71. The average molecular weight is 304 g/mol. The van der Waals surface area contributed by atoms with Crippen molar-refractivity contribution in [1.29, 1.82) is 0 Å². The van der Waals surface area contributed by atoms with E-state index in [-0.39, 0.29) is 11.9 Å². The molecule has 1 aliphatic heterocycles. The number of aromatic nitrogens is 3. The van der Waals surface area contributed by atoms with E-state index in [0.717, 1.165) is 31.6 Å². The molecule has 6 heteroatoms. The first-order valence-corrected chi connectivity index (χ1v) is 8.21. The highest BCUT2D eigenvalue weighted by Crippen LogP contribution is 2.30. The van der Waals surface area contributed by atoms with Crippen molar-refractivity contribution >= 4 is 17.2 Å². The molecule has 3 heterocycles. The van der Waals surface area contributed by atoms with Crippen molar-refractivity contribution < 1.29 is 4.79 Å². The van der Waals surface area contributed by atoms with E-state index in [1.165, 1.54) is 5.01 Å². The van der Waals surface area contributed by atoms with Crippen LogP contribution in [-0.2, 0) is 4.79 Å². The van der Waals surface area contributed by atoms with Crippen LogP contribution in [0.2, 0.25) is 0 Å². The molecule has 21 heavy (non-hydrogen) atoms. The lowest BCUT2D eigenvalue weighted by Crippen LogP contribution is -2.42. The molecular formula is C15H20N4OS. The molecule has 2 aromatic rings. The van der Waals surface area contributed by atoms with Crippen LogP contribution in [0.15, 0.2) is 24.1 Å². The summed E-state index contributed by atoms with van der Waals surface area (Å²) in [4.78, 5) is 23.2. The molecule has 0 aliphatic carbocycles. The molecule has 2 aromatic heterocycles. The molecule has 0 N–H and O–H groups in total. The molecule has 0 radical (unpaired) electrons. The van der Waals surface area contributed by atoms with Gasteiger partial charge in [0, 0.05) is 42.5 Å². The Hall–Kier alpha value is -1.69. The van der Waals surface area contributed by atoms with Crippen LogP contribution < -0.4 is 0 Å². The molecular weight excluding hydrogens is 284 g/mol. The number of aryl methyl sites for hydroxylation is 1. The molecule has 3 rings (SSSR count). The van der Waals surface area contributed by atoms with Gasteiger partial charge in [-0.2, -0.15) is 0 Å². The molecule has 1 amide bonds. The molecule has 112 valence electrons. The third kappa shape index (κ3) is 3.00. The summed E-state index contributed by atoms with van der Waals surface area (Å²) in [6.45, 7) is 5.58. The second-order valence-corrected chi connectivity index (χ2v) is 6.53. The Bertz CT molecular complexity index is 607. The summed E-state index contributed by atoms with van der Waals surface area (Å²) in [6.07, 6.45) is 7.42. The first-order valence-electron chi connectivity index (χ1n) is 7.33. The maximum atomic E-state index is 12.6. The zero-order valence-corrected chi connectivity index (χ0v) is 13.2. The summed E-state index contributed by atoms with van der Waals surface area (Å²) < 4.78 is 1.86. The Kier molecular flexibility index (Phi) is 4.05. The first-order chi connectivity index (χ1) is 10.1. The van der Waals surface area contributed by atoms with E-state index < -0.39 is 0 Å². The molecule has 1 aliphatic rings. The Morgan fingerprint density at radius 3 is 3.05 bits per heavy atom. The van der Waals surface area contributed by atoms with Gasteiger partial charge in [0.05, 0.1) is 11.3 Å². The second kappa shape index (κ2) is 5.97. The summed E-state index contributed by atoms with van der Waals surface area (Å²) in [5, 5.41) is 3.25. The fourth-order valence-electron chi connectivity index (χ4n) is 2.83.